The molecule has 0 bridgehead atoms. The Kier molecular flexibility index (Phi) is 4.87. The number of hydrogen-bond acceptors (Lipinski definition) is 2. The van der Waals surface area contributed by atoms with Crippen molar-refractivity contribution in [2.45, 2.75) is 70.9 Å². The van der Waals surface area contributed by atoms with Crippen LogP contribution >= 0.6 is 0 Å². The van der Waals surface area contributed by atoms with Gasteiger partial charge in [-0.15, -0.1) is 0 Å². The maximum atomic E-state index is 5.99. The normalized spacial score (nSPS) is 38.8. The van der Waals surface area contributed by atoms with E-state index in [0.717, 1.165) is 30.5 Å². The summed E-state index contributed by atoms with van der Waals surface area (Å²) in [5.41, 5.74) is 5.99. The predicted octanol–water partition coefficient (Wildman–Crippen LogP) is 3.01. The first-order valence-electron chi connectivity index (χ1n) is 7.72. The lowest BCUT2D eigenvalue weighted by Gasteiger charge is -2.42. The molecule has 17 heavy (non-hydrogen) atoms. The summed E-state index contributed by atoms with van der Waals surface area (Å²) in [6, 6.07) is 1.64. The van der Waals surface area contributed by atoms with E-state index in [4.69, 9.17) is 5.73 Å². The Hall–Kier alpha value is -0.0800. The van der Waals surface area contributed by atoms with E-state index >= 15 is 0 Å². The molecule has 2 rings (SSSR count). The molecule has 0 heterocycles. The van der Waals surface area contributed by atoms with Crippen molar-refractivity contribution in [3.8, 4) is 0 Å². The fourth-order valence-electron chi connectivity index (χ4n) is 4.14. The predicted molar refractivity (Wildman–Crippen MR) is 74.0 cm³/mol. The highest BCUT2D eigenvalue weighted by Gasteiger charge is 2.34. The molecule has 0 amide bonds. The minimum Gasteiger partial charge on any atom is -0.330 e. The quantitative estimate of drug-likeness (QED) is 0.816. The third-order valence-electron chi connectivity index (χ3n) is 5.10. The van der Waals surface area contributed by atoms with Crippen LogP contribution in [0.15, 0.2) is 0 Å². The Morgan fingerprint density at radius 3 is 2.47 bits per heavy atom. The lowest BCUT2D eigenvalue weighted by Crippen LogP contribution is -2.49. The van der Waals surface area contributed by atoms with Crippen molar-refractivity contribution in [2.75, 3.05) is 13.1 Å². The van der Waals surface area contributed by atoms with Gasteiger partial charge in [0.2, 0.25) is 0 Å². The van der Waals surface area contributed by atoms with Gasteiger partial charge in [-0.3, -0.25) is 4.90 Å². The van der Waals surface area contributed by atoms with Crippen molar-refractivity contribution in [1.29, 1.82) is 0 Å². The van der Waals surface area contributed by atoms with Crippen LogP contribution in [-0.4, -0.2) is 30.1 Å². The van der Waals surface area contributed by atoms with Crippen LogP contribution in [-0.2, 0) is 0 Å². The molecular weight excluding hydrogens is 208 g/mol. The van der Waals surface area contributed by atoms with E-state index < -0.39 is 0 Å². The van der Waals surface area contributed by atoms with Gasteiger partial charge >= 0.3 is 0 Å². The van der Waals surface area contributed by atoms with Crippen LogP contribution in [0.2, 0.25) is 0 Å². The van der Waals surface area contributed by atoms with E-state index in [2.05, 4.69) is 18.7 Å². The highest BCUT2D eigenvalue weighted by molar-refractivity contribution is 4.90. The van der Waals surface area contributed by atoms with Crippen LogP contribution in [0.4, 0.5) is 0 Å². The summed E-state index contributed by atoms with van der Waals surface area (Å²) < 4.78 is 0. The fraction of sp³-hybridized carbons (Fsp3) is 1.00. The standard InChI is InChI=1S/C15H30N2/c1-3-17(14-9-8-12(2)10-14)15-7-5-4-6-13(15)11-16/h12-15H,3-11,16H2,1-2H3. The maximum Gasteiger partial charge on any atom is 0.0138 e. The minimum absolute atomic E-state index is 0.764. The monoisotopic (exact) mass is 238 g/mol. The number of hydrogen-bond donors (Lipinski definition) is 1. The largest absolute Gasteiger partial charge is 0.330 e. The molecule has 0 spiro atoms. The third kappa shape index (κ3) is 3.03. The SMILES string of the molecule is CCN(C1CCC(C)C1)C1CCCCC1CN. The van der Waals surface area contributed by atoms with Gasteiger partial charge in [0.05, 0.1) is 0 Å². The molecule has 0 aromatic heterocycles. The fourth-order valence-corrected chi connectivity index (χ4v) is 4.14. The van der Waals surface area contributed by atoms with Crippen LogP contribution in [0, 0.1) is 11.8 Å². The summed E-state index contributed by atoms with van der Waals surface area (Å²) in [6.45, 7) is 6.86. The molecular formula is C15H30N2. The zero-order valence-electron chi connectivity index (χ0n) is 11.7. The smallest absolute Gasteiger partial charge is 0.0138 e. The molecule has 0 saturated heterocycles. The van der Waals surface area contributed by atoms with Gasteiger partial charge in [0, 0.05) is 12.1 Å². The van der Waals surface area contributed by atoms with E-state index in [-0.39, 0.29) is 0 Å². The average Bonchev–Trinajstić information content (AvgIpc) is 2.77. The molecule has 0 aromatic carbocycles. The second-order valence-corrected chi connectivity index (χ2v) is 6.25. The molecule has 2 nitrogen and oxygen atoms in total. The first kappa shape index (κ1) is 13.4. The van der Waals surface area contributed by atoms with E-state index in [1.54, 1.807) is 0 Å². The van der Waals surface area contributed by atoms with Crippen molar-refractivity contribution >= 4 is 0 Å². The van der Waals surface area contributed by atoms with Crippen LogP contribution in [0.25, 0.3) is 0 Å². The molecule has 0 radical (unpaired) electrons. The first-order valence-corrected chi connectivity index (χ1v) is 7.72. The summed E-state index contributed by atoms with van der Waals surface area (Å²) in [5.74, 6) is 1.70. The van der Waals surface area contributed by atoms with E-state index in [1.807, 2.05) is 0 Å². The molecule has 0 aromatic rings. The molecule has 2 N–H and O–H groups in total. The lowest BCUT2D eigenvalue weighted by atomic mass is 9.82. The lowest BCUT2D eigenvalue weighted by molar-refractivity contribution is 0.0712. The second kappa shape index (κ2) is 6.19. The third-order valence-corrected chi connectivity index (χ3v) is 5.10. The molecule has 4 atom stereocenters. The molecule has 2 heteroatoms. The number of nitrogens with zero attached hydrogens (tertiary/aromatic N) is 1. The molecule has 2 aliphatic carbocycles. The van der Waals surface area contributed by atoms with E-state index in [0.29, 0.717) is 0 Å². The van der Waals surface area contributed by atoms with E-state index in [1.165, 1.54) is 51.5 Å². The van der Waals surface area contributed by atoms with Crippen LogP contribution in [0.5, 0.6) is 0 Å². The topological polar surface area (TPSA) is 29.3 Å². The Morgan fingerprint density at radius 2 is 1.88 bits per heavy atom. The van der Waals surface area contributed by atoms with Gasteiger partial charge in [-0.05, 0) is 57.0 Å². The minimum atomic E-state index is 0.764. The molecule has 2 fully saturated rings. The number of nitrogens with two attached hydrogens (primary N) is 1. The van der Waals surface area contributed by atoms with Crippen molar-refractivity contribution in [2.24, 2.45) is 17.6 Å². The zero-order chi connectivity index (χ0) is 12.3. The first-order chi connectivity index (χ1) is 8.26. The zero-order valence-corrected chi connectivity index (χ0v) is 11.7. The van der Waals surface area contributed by atoms with Gasteiger partial charge in [-0.2, -0.15) is 0 Å². The molecule has 100 valence electrons. The average molecular weight is 238 g/mol. The van der Waals surface area contributed by atoms with E-state index in [9.17, 15) is 0 Å². The van der Waals surface area contributed by atoms with Gasteiger partial charge in [0.15, 0.2) is 0 Å². The van der Waals surface area contributed by atoms with Crippen molar-refractivity contribution < 1.29 is 0 Å². The molecule has 2 saturated carbocycles. The number of rotatable bonds is 4. The summed E-state index contributed by atoms with van der Waals surface area (Å²) in [5, 5.41) is 0. The highest BCUT2D eigenvalue weighted by Crippen LogP contribution is 2.35. The summed E-state index contributed by atoms with van der Waals surface area (Å²) in [7, 11) is 0. The van der Waals surface area contributed by atoms with Crippen molar-refractivity contribution in [3.05, 3.63) is 0 Å². The summed E-state index contributed by atoms with van der Waals surface area (Å²) >= 11 is 0. The van der Waals surface area contributed by atoms with Gasteiger partial charge in [0.25, 0.3) is 0 Å². The maximum absolute atomic E-state index is 5.99. The van der Waals surface area contributed by atoms with Crippen molar-refractivity contribution in [3.63, 3.8) is 0 Å². The molecule has 0 aliphatic heterocycles. The molecule has 2 aliphatic rings. The van der Waals surface area contributed by atoms with Gasteiger partial charge in [-0.25, -0.2) is 0 Å². The molecule has 4 unspecified atom stereocenters. The summed E-state index contributed by atoms with van der Waals surface area (Å²) in [6.07, 6.45) is 9.84. The Morgan fingerprint density at radius 1 is 1.12 bits per heavy atom. The van der Waals surface area contributed by atoms with Crippen molar-refractivity contribution in [1.82, 2.24) is 4.90 Å². The van der Waals surface area contributed by atoms with Crippen LogP contribution in [0.1, 0.15) is 58.8 Å². The Balaban J connectivity index is 2.00. The second-order valence-electron chi connectivity index (χ2n) is 6.25. The highest BCUT2D eigenvalue weighted by atomic mass is 15.2. The van der Waals surface area contributed by atoms with Gasteiger partial charge in [-0.1, -0.05) is 26.7 Å². The van der Waals surface area contributed by atoms with Gasteiger partial charge < -0.3 is 5.73 Å². The summed E-state index contributed by atoms with van der Waals surface area (Å²) in [4.78, 5) is 2.81. The Labute approximate surface area is 107 Å². The van der Waals surface area contributed by atoms with Crippen LogP contribution < -0.4 is 5.73 Å². The van der Waals surface area contributed by atoms with Gasteiger partial charge in [0.1, 0.15) is 0 Å². The van der Waals surface area contributed by atoms with Crippen LogP contribution in [0.3, 0.4) is 0 Å². The Bertz CT molecular complexity index is 229.